The van der Waals surface area contributed by atoms with Crippen LogP contribution >= 0.6 is 0 Å². The van der Waals surface area contributed by atoms with E-state index >= 15 is 0 Å². The average molecular weight is 301 g/mol. The van der Waals surface area contributed by atoms with Crippen molar-refractivity contribution in [2.24, 2.45) is 5.92 Å². The van der Waals surface area contributed by atoms with E-state index in [1.54, 1.807) is 0 Å². The van der Waals surface area contributed by atoms with Gasteiger partial charge in [0.25, 0.3) is 0 Å². The molecule has 0 aliphatic heterocycles. The van der Waals surface area contributed by atoms with E-state index in [0.717, 1.165) is 6.07 Å². The number of anilines is 1. The Hall–Kier alpha value is -1.93. The van der Waals surface area contributed by atoms with E-state index in [1.165, 1.54) is 24.4 Å². The van der Waals surface area contributed by atoms with Gasteiger partial charge in [0, 0.05) is 11.3 Å². The van der Waals surface area contributed by atoms with Crippen LogP contribution in [0, 0.1) is 12.8 Å². The molecule has 1 rings (SSSR count). The van der Waals surface area contributed by atoms with Gasteiger partial charge >= 0.3 is 12.4 Å². The Balaban J connectivity index is 3.07. The molecule has 0 fully saturated rings. The number of hydrogen-bond donors (Lipinski definition) is 2. The first kappa shape index (κ1) is 16.1. The maximum Gasteiger partial charge on any atom is 0.409 e. The maximum atomic E-state index is 12.3. The van der Waals surface area contributed by atoms with Gasteiger partial charge in [-0.15, -0.1) is 0 Å². The van der Waals surface area contributed by atoms with Gasteiger partial charge in [-0.25, -0.2) is 0 Å². The van der Waals surface area contributed by atoms with Crippen LogP contribution in [0.5, 0.6) is 5.75 Å². The lowest BCUT2D eigenvalue weighted by Crippen LogP contribution is -2.45. The van der Waals surface area contributed by atoms with Crippen molar-refractivity contribution in [3.8, 4) is 5.75 Å². The Kier molecular flexibility index (Phi) is 4.21. The Morgan fingerprint density at radius 2 is 1.65 bits per heavy atom. The smallest absolute Gasteiger partial charge is 0.409 e. The number of alkyl halides is 6. The van der Waals surface area contributed by atoms with E-state index in [0.29, 0.717) is 0 Å². The van der Waals surface area contributed by atoms with Crippen molar-refractivity contribution in [1.82, 2.24) is 0 Å². The van der Waals surface area contributed by atoms with Crippen LogP contribution in [0.4, 0.5) is 32.0 Å². The van der Waals surface area contributed by atoms with Crippen LogP contribution < -0.4 is 5.32 Å². The Morgan fingerprint density at radius 3 is 2.10 bits per heavy atom. The fourth-order valence-electron chi connectivity index (χ4n) is 1.45. The molecule has 0 heterocycles. The van der Waals surface area contributed by atoms with Crippen molar-refractivity contribution in [3.63, 3.8) is 0 Å². The zero-order valence-corrected chi connectivity index (χ0v) is 9.93. The summed E-state index contributed by atoms with van der Waals surface area (Å²) in [7, 11) is 0. The van der Waals surface area contributed by atoms with Gasteiger partial charge in [-0.05, 0) is 19.1 Å². The van der Waals surface area contributed by atoms with Gasteiger partial charge in [0.2, 0.25) is 11.8 Å². The summed E-state index contributed by atoms with van der Waals surface area (Å²) in [5.74, 6) is -6.74. The first-order valence-corrected chi connectivity index (χ1v) is 5.17. The highest BCUT2D eigenvalue weighted by Gasteiger charge is 2.61. The van der Waals surface area contributed by atoms with Crippen LogP contribution in [0.2, 0.25) is 0 Å². The molecule has 0 saturated carbocycles. The second-order valence-electron chi connectivity index (χ2n) is 3.96. The molecule has 0 aromatic heterocycles. The SMILES string of the molecule is Cc1c(O)cccc1NC(=O)C(C(F)(F)F)C(F)(F)F. The van der Waals surface area contributed by atoms with E-state index in [-0.39, 0.29) is 17.0 Å². The minimum absolute atomic E-state index is 0.0380. The molecule has 2 N–H and O–H groups in total. The molecule has 0 atom stereocenters. The number of nitrogens with one attached hydrogen (secondary N) is 1. The lowest BCUT2D eigenvalue weighted by atomic mass is 10.1. The van der Waals surface area contributed by atoms with Gasteiger partial charge in [0.05, 0.1) is 0 Å². The number of carbonyl (C=O) groups is 1. The second-order valence-corrected chi connectivity index (χ2v) is 3.96. The minimum Gasteiger partial charge on any atom is -0.508 e. The van der Waals surface area contributed by atoms with Crippen molar-refractivity contribution in [3.05, 3.63) is 23.8 Å². The molecule has 112 valence electrons. The lowest BCUT2D eigenvalue weighted by molar-refractivity contribution is -0.272. The number of carbonyl (C=O) groups excluding carboxylic acids is 1. The van der Waals surface area contributed by atoms with Crippen LogP contribution in [0.3, 0.4) is 0 Å². The zero-order chi connectivity index (χ0) is 15.7. The normalized spacial score (nSPS) is 12.6. The molecule has 1 aromatic rings. The number of hydrogen-bond acceptors (Lipinski definition) is 2. The van der Waals surface area contributed by atoms with Gasteiger partial charge in [0.15, 0.2) is 0 Å². The first-order valence-electron chi connectivity index (χ1n) is 5.17. The van der Waals surface area contributed by atoms with Crippen molar-refractivity contribution >= 4 is 11.6 Å². The van der Waals surface area contributed by atoms with Crippen molar-refractivity contribution in [2.45, 2.75) is 19.3 Å². The van der Waals surface area contributed by atoms with E-state index in [1.807, 2.05) is 0 Å². The molecule has 0 saturated heterocycles. The lowest BCUT2D eigenvalue weighted by Gasteiger charge is -2.22. The van der Waals surface area contributed by atoms with Crippen LogP contribution in [0.15, 0.2) is 18.2 Å². The third-order valence-corrected chi connectivity index (χ3v) is 2.48. The molecule has 1 amide bonds. The Morgan fingerprint density at radius 1 is 1.15 bits per heavy atom. The molecule has 0 bridgehead atoms. The fourth-order valence-corrected chi connectivity index (χ4v) is 1.45. The molecule has 3 nitrogen and oxygen atoms in total. The standard InChI is InChI=1S/C11H9F6NO2/c1-5-6(3-2-4-7(5)19)18-9(20)8(10(12,13)14)11(15,16)17/h2-4,8,19H,1H3,(H,18,20). The van der Waals surface area contributed by atoms with E-state index < -0.39 is 24.2 Å². The predicted octanol–water partition coefficient (Wildman–Crippen LogP) is 3.38. The number of halogens is 6. The summed E-state index contributed by atoms with van der Waals surface area (Å²) in [5.41, 5.74) is -0.363. The second kappa shape index (κ2) is 5.22. The number of phenols is 1. The first-order chi connectivity index (χ1) is 8.94. The number of amides is 1. The summed E-state index contributed by atoms with van der Waals surface area (Å²) < 4.78 is 73.9. The summed E-state index contributed by atoms with van der Waals surface area (Å²) in [6, 6.07) is 3.43. The quantitative estimate of drug-likeness (QED) is 0.823. The molecule has 0 aliphatic carbocycles. The van der Waals surface area contributed by atoms with Gasteiger partial charge in [-0.1, -0.05) is 6.07 Å². The summed E-state index contributed by atoms with van der Waals surface area (Å²) in [6.45, 7) is 1.24. The van der Waals surface area contributed by atoms with Crippen molar-refractivity contribution in [1.29, 1.82) is 0 Å². The summed E-state index contributed by atoms with van der Waals surface area (Å²) in [4.78, 5) is 11.2. The Labute approximate surface area is 109 Å². The summed E-state index contributed by atoms with van der Waals surface area (Å²) in [5, 5.41) is 10.8. The molecular formula is C11H9F6NO2. The van der Waals surface area contributed by atoms with Crippen LogP contribution in [-0.4, -0.2) is 23.4 Å². The molecule has 0 radical (unpaired) electrons. The molecule has 0 spiro atoms. The number of benzene rings is 1. The molecule has 20 heavy (non-hydrogen) atoms. The van der Waals surface area contributed by atoms with E-state index in [2.05, 4.69) is 0 Å². The van der Waals surface area contributed by atoms with Crippen LogP contribution in [0.1, 0.15) is 5.56 Å². The topological polar surface area (TPSA) is 49.3 Å². The Bertz CT molecular complexity index is 495. The maximum absolute atomic E-state index is 12.3. The van der Waals surface area contributed by atoms with E-state index in [9.17, 15) is 36.2 Å². The molecule has 9 heteroatoms. The highest BCUT2D eigenvalue weighted by molar-refractivity contribution is 5.94. The molecule has 0 unspecified atom stereocenters. The van der Waals surface area contributed by atoms with E-state index in [4.69, 9.17) is 0 Å². The largest absolute Gasteiger partial charge is 0.508 e. The average Bonchev–Trinajstić information content (AvgIpc) is 2.20. The van der Waals surface area contributed by atoms with Crippen molar-refractivity contribution in [2.75, 3.05) is 5.32 Å². The predicted molar refractivity (Wildman–Crippen MR) is 57.1 cm³/mol. The monoisotopic (exact) mass is 301 g/mol. The highest BCUT2D eigenvalue weighted by atomic mass is 19.4. The summed E-state index contributed by atoms with van der Waals surface area (Å²) in [6.07, 6.45) is -11.5. The van der Waals surface area contributed by atoms with Gasteiger partial charge in [0.1, 0.15) is 5.75 Å². The molecular weight excluding hydrogens is 292 g/mol. The van der Waals surface area contributed by atoms with Gasteiger partial charge in [-0.3, -0.25) is 4.79 Å². The molecule has 1 aromatic carbocycles. The number of phenolic OH excluding ortho intramolecular Hbond substituents is 1. The summed E-state index contributed by atoms with van der Waals surface area (Å²) >= 11 is 0. The van der Waals surface area contributed by atoms with Crippen molar-refractivity contribution < 1.29 is 36.2 Å². The third-order valence-electron chi connectivity index (χ3n) is 2.48. The molecule has 0 aliphatic rings. The zero-order valence-electron chi connectivity index (χ0n) is 9.93. The van der Waals surface area contributed by atoms with Crippen LogP contribution in [0.25, 0.3) is 0 Å². The fraction of sp³-hybridized carbons (Fsp3) is 0.364. The van der Waals surface area contributed by atoms with Crippen LogP contribution in [-0.2, 0) is 4.79 Å². The highest BCUT2D eigenvalue weighted by Crippen LogP contribution is 2.40. The van der Waals surface area contributed by atoms with Gasteiger partial charge < -0.3 is 10.4 Å². The number of aromatic hydroxyl groups is 1. The minimum atomic E-state index is -5.76. The number of rotatable bonds is 2. The third kappa shape index (κ3) is 3.55. The van der Waals surface area contributed by atoms with Gasteiger partial charge in [-0.2, -0.15) is 26.3 Å².